The Morgan fingerprint density at radius 3 is 1.00 bits per heavy atom. The van der Waals surface area contributed by atoms with Crippen LogP contribution < -0.4 is 0 Å². The molecule has 0 heterocycles. The van der Waals surface area contributed by atoms with Crippen LogP contribution in [0.15, 0.2) is 0 Å². The van der Waals surface area contributed by atoms with Gasteiger partial charge < -0.3 is 5.48 Å². The van der Waals surface area contributed by atoms with E-state index in [1.54, 1.807) is 0 Å². The van der Waals surface area contributed by atoms with Crippen LogP contribution in [0.1, 0.15) is 0 Å². The van der Waals surface area contributed by atoms with Crippen molar-refractivity contribution in [3.8, 4) is 0 Å². The van der Waals surface area contributed by atoms with Gasteiger partial charge in [-0.3, -0.25) is 0 Å². The number of rotatable bonds is 0. The molecule has 0 radical (unpaired) electrons. The summed E-state index contributed by atoms with van der Waals surface area (Å²) in [4.78, 5) is 0. The van der Waals surface area contributed by atoms with E-state index in [1.165, 1.54) is 0 Å². The van der Waals surface area contributed by atoms with E-state index in [2.05, 4.69) is 0 Å². The second-order valence-corrected chi connectivity index (χ2v) is 0. The quantitative estimate of drug-likeness (QED) is 0.441. The molecule has 0 N–H and O–H groups in total. The number of hydrogen-bond donors (Lipinski definition) is 0. The van der Waals surface area contributed by atoms with Gasteiger partial charge in [-0.05, 0) is 0 Å². The van der Waals surface area contributed by atoms with Crippen LogP contribution in [0.4, 0.5) is 0 Å². The average Bonchev–Trinajstić information content (AvgIpc) is 0. The van der Waals surface area contributed by atoms with Gasteiger partial charge in [-0.25, -0.2) is 0 Å². The molecule has 0 aromatic rings. The summed E-state index contributed by atoms with van der Waals surface area (Å²) in [6, 6.07) is 0. The van der Waals surface area contributed by atoms with Crippen molar-refractivity contribution < 1.29 is 5.48 Å². The van der Waals surface area contributed by atoms with E-state index in [9.17, 15) is 0 Å². The molecule has 0 amide bonds. The molecule has 0 bridgehead atoms. The Labute approximate surface area is 92.6 Å². The zero-order valence-corrected chi connectivity index (χ0v) is 9.41. The third kappa shape index (κ3) is 8.85. The topological polar surface area (TPSA) is 28.5 Å². The largest absolute Gasteiger partial charge is 3.00 e. The predicted molar refractivity (Wildman–Crippen MR) is 17.9 cm³/mol. The second kappa shape index (κ2) is 17.0. The molecule has 0 atom stereocenters. The van der Waals surface area contributed by atoms with Gasteiger partial charge in [-0.2, -0.15) is 0 Å². The van der Waals surface area contributed by atoms with E-state index in [1.807, 2.05) is 0 Å². The van der Waals surface area contributed by atoms with Crippen molar-refractivity contribution in [3.63, 3.8) is 0 Å². The minimum Gasteiger partial charge on any atom is -2.00 e. The van der Waals surface area contributed by atoms with Gasteiger partial charge in [0, 0.05) is 0 Å². The van der Waals surface area contributed by atoms with Crippen molar-refractivity contribution in [1.82, 2.24) is 0 Å². The molecular formula is AlBaMgO+5. The molecule has 4 heteroatoms. The maximum absolute atomic E-state index is 0. The standard InChI is InChI=1S/Al.Ba.Mg.O/q+3;2*+2;-2. The first-order valence-electron chi connectivity index (χ1n) is 0. The Kier molecular flexibility index (Phi) is 123. The number of hydrogen-bond acceptors (Lipinski definition) is 0. The Balaban J connectivity index is 0. The first-order chi connectivity index (χ1) is 0. The molecule has 0 unspecified atom stereocenters. The van der Waals surface area contributed by atoms with Gasteiger partial charge >= 0.3 is 89.3 Å². The first kappa shape index (κ1) is 29.0. The molecule has 1 nitrogen and oxygen atoms in total. The molecule has 0 aliphatic carbocycles. The van der Waals surface area contributed by atoms with E-state index in [0.29, 0.717) is 0 Å². The van der Waals surface area contributed by atoms with Crippen LogP contribution in [0, 0.1) is 0 Å². The van der Waals surface area contributed by atoms with Crippen LogP contribution in [-0.2, 0) is 5.48 Å². The SMILES string of the molecule is [Al+3].[Ba+2].[Mg+2].[O-2]. The van der Waals surface area contributed by atoms with Gasteiger partial charge in [0.15, 0.2) is 0 Å². The molecule has 8 valence electrons. The van der Waals surface area contributed by atoms with Gasteiger partial charge in [0.25, 0.3) is 0 Å². The van der Waals surface area contributed by atoms with E-state index in [4.69, 9.17) is 0 Å². The fourth-order valence-corrected chi connectivity index (χ4v) is 0. The Hall–Kier alpha value is 2.83. The average molecular weight is 205 g/mol. The minimum absolute atomic E-state index is 0. The molecule has 0 rings (SSSR count). The molecule has 4 heavy (non-hydrogen) atoms. The van der Waals surface area contributed by atoms with Gasteiger partial charge in [-0.1, -0.05) is 0 Å². The molecule has 0 aromatic carbocycles. The van der Waals surface area contributed by atoms with Crippen LogP contribution >= 0.6 is 0 Å². The fraction of sp³-hybridized carbons (Fsp3) is 0. The fourth-order valence-electron chi connectivity index (χ4n) is 0. The summed E-state index contributed by atoms with van der Waals surface area (Å²) in [5.41, 5.74) is 0. The minimum atomic E-state index is 0. The predicted octanol–water partition coefficient (Wildman–Crippen LogP) is -1.26. The van der Waals surface area contributed by atoms with Crippen molar-refractivity contribution in [3.05, 3.63) is 0 Å². The van der Waals surface area contributed by atoms with Gasteiger partial charge in [0.05, 0.1) is 0 Å². The van der Waals surface area contributed by atoms with Crippen LogP contribution in [0.2, 0.25) is 0 Å². The maximum atomic E-state index is 0. The van der Waals surface area contributed by atoms with Gasteiger partial charge in [-0.15, -0.1) is 0 Å². The van der Waals surface area contributed by atoms with E-state index in [0.717, 1.165) is 0 Å². The van der Waals surface area contributed by atoms with E-state index in [-0.39, 0.29) is 94.8 Å². The molecule has 0 aromatic heterocycles. The summed E-state index contributed by atoms with van der Waals surface area (Å²) in [7, 11) is 0. The Morgan fingerprint density at radius 2 is 1.00 bits per heavy atom. The van der Waals surface area contributed by atoms with Gasteiger partial charge in [0.1, 0.15) is 0 Å². The normalized spacial score (nSPS) is 0. The summed E-state index contributed by atoms with van der Waals surface area (Å²) in [6.45, 7) is 0. The van der Waals surface area contributed by atoms with Crippen molar-refractivity contribution in [1.29, 1.82) is 0 Å². The summed E-state index contributed by atoms with van der Waals surface area (Å²) < 4.78 is 0. The molecule has 0 aliphatic heterocycles. The van der Waals surface area contributed by atoms with Crippen molar-refractivity contribution in [2.24, 2.45) is 0 Å². The molecule has 0 saturated heterocycles. The van der Waals surface area contributed by atoms with Gasteiger partial charge in [0.2, 0.25) is 0 Å². The van der Waals surface area contributed by atoms with E-state index >= 15 is 0 Å². The van der Waals surface area contributed by atoms with Crippen molar-refractivity contribution >= 4 is 89.3 Å². The molecule has 0 aliphatic rings. The molecule has 0 spiro atoms. The summed E-state index contributed by atoms with van der Waals surface area (Å²) >= 11 is 0. The van der Waals surface area contributed by atoms with Crippen LogP contribution in [0.25, 0.3) is 0 Å². The van der Waals surface area contributed by atoms with Crippen LogP contribution in [0.5, 0.6) is 0 Å². The zero-order valence-electron chi connectivity index (χ0n) is 2.40. The monoisotopic (exact) mass is 205 g/mol. The summed E-state index contributed by atoms with van der Waals surface area (Å²) in [5, 5.41) is 0. The molecule has 0 fully saturated rings. The van der Waals surface area contributed by atoms with E-state index < -0.39 is 0 Å². The van der Waals surface area contributed by atoms with Crippen LogP contribution in [0.3, 0.4) is 0 Å². The zero-order chi connectivity index (χ0) is 0. The summed E-state index contributed by atoms with van der Waals surface area (Å²) in [6.07, 6.45) is 0. The van der Waals surface area contributed by atoms with Crippen molar-refractivity contribution in [2.45, 2.75) is 0 Å². The Bertz CT molecular complexity index is 8.00. The third-order valence-corrected chi connectivity index (χ3v) is 0. The van der Waals surface area contributed by atoms with Crippen molar-refractivity contribution in [2.75, 3.05) is 0 Å². The third-order valence-electron chi connectivity index (χ3n) is 0. The molecule has 0 saturated carbocycles. The molecular weight excluding hydrogens is 205 g/mol. The maximum Gasteiger partial charge on any atom is 3.00 e. The Morgan fingerprint density at radius 1 is 1.00 bits per heavy atom. The van der Waals surface area contributed by atoms with Crippen LogP contribution in [-0.4, -0.2) is 89.3 Å². The smallest absolute Gasteiger partial charge is 2.00 e. The second-order valence-electron chi connectivity index (χ2n) is 0. The summed E-state index contributed by atoms with van der Waals surface area (Å²) in [5.74, 6) is 0. The first-order valence-corrected chi connectivity index (χ1v) is 0.